The molecule has 22 heavy (non-hydrogen) atoms. The number of aromatic nitrogens is 1. The fourth-order valence-electron chi connectivity index (χ4n) is 2.42. The number of ether oxygens (including phenoxy) is 1. The van der Waals surface area contributed by atoms with E-state index >= 15 is 0 Å². The molecule has 1 saturated carbocycles. The topological polar surface area (TPSA) is 68.3 Å². The van der Waals surface area contributed by atoms with Gasteiger partial charge in [0.2, 0.25) is 0 Å². The molecule has 120 valence electrons. The highest BCUT2D eigenvalue weighted by molar-refractivity contribution is 6.41. The zero-order valence-electron chi connectivity index (χ0n) is 12.3. The largest absolute Gasteiger partial charge is 0.452 e. The summed E-state index contributed by atoms with van der Waals surface area (Å²) < 4.78 is 4.95. The minimum atomic E-state index is -0.654. The summed E-state index contributed by atoms with van der Waals surface area (Å²) in [4.78, 5) is 27.4. The van der Waals surface area contributed by atoms with Crippen molar-refractivity contribution in [3.8, 4) is 0 Å². The van der Waals surface area contributed by atoms with E-state index in [2.05, 4.69) is 17.2 Å². The summed E-state index contributed by atoms with van der Waals surface area (Å²) in [5, 5.41) is 3.16. The molecule has 1 N–H and O–H groups in total. The van der Waals surface area contributed by atoms with Crippen molar-refractivity contribution in [1.29, 1.82) is 0 Å². The molecular weight excluding hydrogens is 327 g/mol. The van der Waals surface area contributed by atoms with Crippen molar-refractivity contribution in [2.45, 2.75) is 38.6 Å². The number of hydrogen-bond acceptors (Lipinski definition) is 4. The van der Waals surface area contributed by atoms with Crippen molar-refractivity contribution < 1.29 is 14.3 Å². The normalized spacial score (nSPS) is 21.2. The van der Waals surface area contributed by atoms with Crippen LogP contribution in [0.25, 0.3) is 0 Å². The van der Waals surface area contributed by atoms with Crippen LogP contribution in [0.4, 0.5) is 0 Å². The van der Waals surface area contributed by atoms with E-state index in [9.17, 15) is 9.59 Å². The number of amides is 1. The van der Waals surface area contributed by atoms with Crippen LogP contribution in [0.1, 0.15) is 43.0 Å². The summed E-state index contributed by atoms with van der Waals surface area (Å²) in [6.45, 7) is 1.90. The summed E-state index contributed by atoms with van der Waals surface area (Å²) >= 11 is 11.5. The number of carbonyl (C=O) groups excluding carboxylic acids is 2. The summed E-state index contributed by atoms with van der Waals surface area (Å²) in [6.07, 6.45) is 5.42. The highest BCUT2D eigenvalue weighted by Crippen LogP contribution is 2.23. The van der Waals surface area contributed by atoms with Gasteiger partial charge in [0.1, 0.15) is 5.15 Å². The Morgan fingerprint density at radius 3 is 2.64 bits per heavy atom. The average molecular weight is 345 g/mol. The first-order valence-electron chi connectivity index (χ1n) is 7.23. The van der Waals surface area contributed by atoms with Gasteiger partial charge in [0, 0.05) is 12.2 Å². The summed E-state index contributed by atoms with van der Waals surface area (Å²) in [5.41, 5.74) is 0.161. The third-order valence-corrected chi connectivity index (χ3v) is 4.43. The van der Waals surface area contributed by atoms with Crippen LogP contribution in [0.2, 0.25) is 10.2 Å². The maximum absolute atomic E-state index is 11.8. The zero-order valence-corrected chi connectivity index (χ0v) is 13.8. The molecule has 0 spiro atoms. The first-order valence-corrected chi connectivity index (χ1v) is 7.99. The predicted octanol–water partition coefficient (Wildman–Crippen LogP) is 3.24. The molecule has 0 radical (unpaired) electrons. The van der Waals surface area contributed by atoms with Crippen LogP contribution in [0.15, 0.2) is 12.3 Å². The third kappa shape index (κ3) is 4.85. The number of pyridine rings is 1. The van der Waals surface area contributed by atoms with Crippen LogP contribution in [0.5, 0.6) is 0 Å². The SMILES string of the molecule is CC1CCC(NC(=O)COC(=O)c2cnc(Cl)c(Cl)c2)CC1. The smallest absolute Gasteiger partial charge is 0.340 e. The molecule has 5 nitrogen and oxygen atoms in total. The quantitative estimate of drug-likeness (QED) is 0.672. The van der Waals surface area contributed by atoms with E-state index in [0.717, 1.165) is 25.7 Å². The number of hydrogen-bond donors (Lipinski definition) is 1. The van der Waals surface area contributed by atoms with Gasteiger partial charge in [0.05, 0.1) is 10.6 Å². The number of esters is 1. The van der Waals surface area contributed by atoms with Crippen molar-refractivity contribution in [3.05, 3.63) is 28.0 Å². The summed E-state index contributed by atoms with van der Waals surface area (Å²) in [7, 11) is 0. The van der Waals surface area contributed by atoms with Crippen molar-refractivity contribution in [3.63, 3.8) is 0 Å². The Hall–Kier alpha value is -1.33. The second-order valence-electron chi connectivity index (χ2n) is 5.60. The second kappa shape index (κ2) is 7.79. The average Bonchev–Trinajstić information content (AvgIpc) is 2.50. The van der Waals surface area contributed by atoms with E-state index in [0.29, 0.717) is 5.92 Å². The highest BCUT2D eigenvalue weighted by atomic mass is 35.5. The Labute approximate surface area is 139 Å². The lowest BCUT2D eigenvalue weighted by atomic mass is 9.87. The van der Waals surface area contributed by atoms with Crippen LogP contribution in [0.3, 0.4) is 0 Å². The molecule has 0 aliphatic heterocycles. The number of nitrogens with zero attached hydrogens (tertiary/aromatic N) is 1. The van der Waals surface area contributed by atoms with E-state index in [1.807, 2.05) is 0 Å². The lowest BCUT2D eigenvalue weighted by Crippen LogP contribution is -2.39. The summed E-state index contributed by atoms with van der Waals surface area (Å²) in [5.74, 6) is -0.229. The van der Waals surface area contributed by atoms with Crippen LogP contribution in [-0.4, -0.2) is 29.5 Å². The number of nitrogens with one attached hydrogen (secondary N) is 1. The van der Waals surface area contributed by atoms with E-state index in [1.165, 1.54) is 12.3 Å². The van der Waals surface area contributed by atoms with Gasteiger partial charge < -0.3 is 10.1 Å². The van der Waals surface area contributed by atoms with Crippen molar-refractivity contribution >= 4 is 35.1 Å². The Morgan fingerprint density at radius 2 is 2.00 bits per heavy atom. The Bertz CT molecular complexity index is 558. The Morgan fingerprint density at radius 1 is 1.32 bits per heavy atom. The maximum Gasteiger partial charge on any atom is 0.340 e. The number of carbonyl (C=O) groups is 2. The molecule has 7 heteroatoms. The molecule has 1 aromatic rings. The monoisotopic (exact) mass is 344 g/mol. The molecule has 0 aromatic carbocycles. The molecule has 1 heterocycles. The van der Waals surface area contributed by atoms with Crippen LogP contribution >= 0.6 is 23.2 Å². The van der Waals surface area contributed by atoms with Gasteiger partial charge in [-0.25, -0.2) is 9.78 Å². The second-order valence-corrected chi connectivity index (χ2v) is 6.36. The highest BCUT2D eigenvalue weighted by Gasteiger charge is 2.20. The third-order valence-electron chi connectivity index (χ3n) is 3.75. The van der Waals surface area contributed by atoms with Gasteiger partial charge >= 0.3 is 5.97 Å². The van der Waals surface area contributed by atoms with Crippen molar-refractivity contribution in [1.82, 2.24) is 10.3 Å². The lowest BCUT2D eigenvalue weighted by molar-refractivity contribution is -0.125. The Balaban J connectivity index is 1.78. The van der Waals surface area contributed by atoms with Gasteiger partial charge in [-0.3, -0.25) is 4.79 Å². The van der Waals surface area contributed by atoms with Crippen molar-refractivity contribution in [2.24, 2.45) is 5.92 Å². The van der Waals surface area contributed by atoms with E-state index in [-0.39, 0.29) is 34.3 Å². The fraction of sp³-hybridized carbons (Fsp3) is 0.533. The molecule has 1 aliphatic carbocycles. The summed E-state index contributed by atoms with van der Waals surface area (Å²) in [6, 6.07) is 1.54. The van der Waals surface area contributed by atoms with Gasteiger partial charge in [-0.15, -0.1) is 0 Å². The predicted molar refractivity (Wildman–Crippen MR) is 84.1 cm³/mol. The standard InChI is InChI=1S/C15H18Cl2N2O3/c1-9-2-4-11(5-3-9)19-13(20)8-22-15(21)10-6-12(16)14(17)18-7-10/h6-7,9,11H,2-5,8H2,1H3,(H,19,20). The van der Waals surface area contributed by atoms with Gasteiger partial charge in [-0.05, 0) is 37.7 Å². The molecule has 0 saturated heterocycles. The number of rotatable bonds is 4. The number of halogens is 2. The molecule has 1 amide bonds. The Kier molecular flexibility index (Phi) is 6.03. The van der Waals surface area contributed by atoms with E-state index in [4.69, 9.17) is 27.9 Å². The van der Waals surface area contributed by atoms with E-state index in [1.54, 1.807) is 0 Å². The molecule has 0 bridgehead atoms. The molecule has 1 aromatic heterocycles. The van der Waals surface area contributed by atoms with Gasteiger partial charge in [0.15, 0.2) is 6.61 Å². The fourth-order valence-corrected chi connectivity index (χ4v) is 2.69. The maximum atomic E-state index is 11.8. The molecule has 1 aliphatic rings. The molecule has 0 atom stereocenters. The van der Waals surface area contributed by atoms with Crippen molar-refractivity contribution in [2.75, 3.05) is 6.61 Å². The van der Waals surface area contributed by atoms with E-state index < -0.39 is 5.97 Å². The van der Waals surface area contributed by atoms with Gasteiger partial charge in [-0.1, -0.05) is 30.1 Å². The minimum Gasteiger partial charge on any atom is -0.452 e. The van der Waals surface area contributed by atoms with Gasteiger partial charge in [-0.2, -0.15) is 0 Å². The van der Waals surface area contributed by atoms with Crippen LogP contribution in [-0.2, 0) is 9.53 Å². The van der Waals surface area contributed by atoms with Crippen LogP contribution < -0.4 is 5.32 Å². The minimum absolute atomic E-state index is 0.113. The molecule has 1 fully saturated rings. The van der Waals surface area contributed by atoms with Crippen LogP contribution in [0, 0.1) is 5.92 Å². The van der Waals surface area contributed by atoms with Gasteiger partial charge in [0.25, 0.3) is 5.91 Å². The first kappa shape index (κ1) is 17.0. The molecule has 0 unspecified atom stereocenters. The zero-order chi connectivity index (χ0) is 16.1. The molecular formula is C15H18Cl2N2O3. The molecule has 2 rings (SSSR count). The lowest BCUT2D eigenvalue weighted by Gasteiger charge is -2.26. The first-order chi connectivity index (χ1) is 10.5.